The average molecular weight is 404 g/mol. The molecule has 5 atom stereocenters. The molecule has 156 valence electrons. The van der Waals surface area contributed by atoms with Crippen molar-refractivity contribution < 1.29 is 14.6 Å². The van der Waals surface area contributed by atoms with Gasteiger partial charge in [0.25, 0.3) is 0 Å². The molecule has 0 bridgehead atoms. The van der Waals surface area contributed by atoms with Gasteiger partial charge in [-0.1, -0.05) is 36.3 Å². The summed E-state index contributed by atoms with van der Waals surface area (Å²) in [6, 6.07) is 6.27. The van der Waals surface area contributed by atoms with Crippen LogP contribution in [-0.4, -0.2) is 27.4 Å². The quantitative estimate of drug-likeness (QED) is 0.688. The molecule has 30 heavy (non-hydrogen) atoms. The number of fused-ring (bicyclic) bond motifs is 4. The highest BCUT2D eigenvalue weighted by molar-refractivity contribution is 5.82. The number of oxazole rings is 1. The summed E-state index contributed by atoms with van der Waals surface area (Å²) >= 11 is 0. The molecule has 4 aliphatic rings. The number of nitrogens with zero attached hydrogens (tertiary/aromatic N) is 1. The molecule has 1 saturated carbocycles. The number of aliphatic hydroxyl groups excluding tert-OH is 2. The highest BCUT2D eigenvalue weighted by Crippen LogP contribution is 2.59. The minimum Gasteiger partial charge on any atom is -0.443 e. The second-order valence-electron chi connectivity index (χ2n) is 9.95. The topological polar surface area (TPSA) is 66.5 Å². The third-order valence-electron chi connectivity index (χ3n) is 8.30. The molecule has 0 saturated heterocycles. The second-order valence-corrected chi connectivity index (χ2v) is 9.95. The van der Waals surface area contributed by atoms with Crippen LogP contribution < -0.4 is 0 Å². The maximum absolute atomic E-state index is 11.3. The Labute approximate surface area is 177 Å². The summed E-state index contributed by atoms with van der Waals surface area (Å²) in [5.74, 6) is 1.01. The van der Waals surface area contributed by atoms with E-state index in [1.54, 1.807) is 0 Å². The summed E-state index contributed by atoms with van der Waals surface area (Å²) in [6.07, 6.45) is 12.3. The normalized spacial score (nSPS) is 36.0. The van der Waals surface area contributed by atoms with Crippen molar-refractivity contribution in [1.29, 1.82) is 0 Å². The fourth-order valence-corrected chi connectivity index (χ4v) is 6.76. The van der Waals surface area contributed by atoms with Gasteiger partial charge in [-0.25, -0.2) is 4.98 Å². The van der Waals surface area contributed by atoms with Crippen molar-refractivity contribution in [3.8, 4) is 0 Å². The summed E-state index contributed by atoms with van der Waals surface area (Å²) in [7, 11) is 0. The molecule has 4 aliphatic carbocycles. The van der Waals surface area contributed by atoms with Crippen LogP contribution in [-0.2, 0) is 0 Å². The van der Waals surface area contributed by atoms with E-state index in [-0.39, 0.29) is 11.5 Å². The first kappa shape index (κ1) is 18.6. The Kier molecular flexibility index (Phi) is 4.13. The van der Waals surface area contributed by atoms with Crippen LogP contribution >= 0.6 is 0 Å². The van der Waals surface area contributed by atoms with Crippen molar-refractivity contribution in [2.75, 3.05) is 0 Å². The minimum absolute atomic E-state index is 0.0700. The van der Waals surface area contributed by atoms with Crippen LogP contribution in [0, 0.1) is 17.3 Å². The first-order chi connectivity index (χ1) is 14.5. The van der Waals surface area contributed by atoms with E-state index in [2.05, 4.69) is 36.2 Å². The summed E-state index contributed by atoms with van der Waals surface area (Å²) in [5.41, 5.74) is 8.13. The van der Waals surface area contributed by atoms with E-state index in [1.165, 1.54) is 28.7 Å². The second kappa shape index (κ2) is 6.66. The summed E-state index contributed by atoms with van der Waals surface area (Å²) < 4.78 is 5.55. The van der Waals surface area contributed by atoms with Gasteiger partial charge >= 0.3 is 0 Å². The van der Waals surface area contributed by atoms with E-state index in [9.17, 15) is 10.2 Å². The zero-order chi connectivity index (χ0) is 20.5. The summed E-state index contributed by atoms with van der Waals surface area (Å²) in [6.45, 7) is 2.34. The Bertz CT molecular complexity index is 1110. The molecule has 4 nitrogen and oxygen atoms in total. The van der Waals surface area contributed by atoms with Crippen LogP contribution in [0.3, 0.4) is 0 Å². The van der Waals surface area contributed by atoms with Crippen LogP contribution in [0.4, 0.5) is 0 Å². The largest absolute Gasteiger partial charge is 0.443 e. The summed E-state index contributed by atoms with van der Waals surface area (Å²) in [5, 5.41) is 21.5. The smallest absolute Gasteiger partial charge is 0.181 e. The van der Waals surface area contributed by atoms with Gasteiger partial charge in [0.05, 0.1) is 12.2 Å². The highest BCUT2D eigenvalue weighted by Gasteiger charge is 2.49. The molecule has 2 aromatic rings. The lowest BCUT2D eigenvalue weighted by Crippen LogP contribution is -2.37. The number of aromatic nitrogens is 1. The Hall–Kier alpha value is -2.17. The molecule has 1 aromatic heterocycles. The van der Waals surface area contributed by atoms with Gasteiger partial charge in [-0.3, -0.25) is 0 Å². The molecule has 0 spiro atoms. The molecule has 0 radical (unpaired) electrons. The predicted molar refractivity (Wildman–Crippen MR) is 117 cm³/mol. The predicted octanol–water partition coefficient (Wildman–Crippen LogP) is 5.18. The van der Waals surface area contributed by atoms with E-state index in [1.807, 2.05) is 6.07 Å². The van der Waals surface area contributed by atoms with E-state index >= 15 is 0 Å². The molecule has 5 unspecified atom stereocenters. The van der Waals surface area contributed by atoms with Gasteiger partial charge in [-0.15, -0.1) is 0 Å². The molecule has 1 aromatic carbocycles. The van der Waals surface area contributed by atoms with Crippen molar-refractivity contribution in [2.45, 2.75) is 64.1 Å². The maximum atomic E-state index is 11.3. The lowest BCUT2D eigenvalue weighted by molar-refractivity contribution is 0.124. The van der Waals surface area contributed by atoms with Gasteiger partial charge in [0.2, 0.25) is 0 Å². The van der Waals surface area contributed by atoms with Gasteiger partial charge in [0.15, 0.2) is 12.0 Å². The third kappa shape index (κ3) is 2.70. The van der Waals surface area contributed by atoms with Crippen LogP contribution in [0.1, 0.15) is 57.4 Å². The zero-order valence-corrected chi connectivity index (χ0v) is 17.5. The monoisotopic (exact) mass is 403 g/mol. The maximum Gasteiger partial charge on any atom is 0.181 e. The molecular formula is C26H29NO3. The lowest BCUT2D eigenvalue weighted by atomic mass is 9.61. The average Bonchev–Trinajstić information content (AvgIpc) is 3.26. The molecular weight excluding hydrogens is 374 g/mol. The first-order valence-electron chi connectivity index (χ1n) is 11.4. The Balaban J connectivity index is 1.38. The molecule has 2 N–H and O–H groups in total. The number of allylic oxidation sites excluding steroid dienone is 3. The van der Waals surface area contributed by atoms with Gasteiger partial charge in [-0.2, -0.15) is 0 Å². The Morgan fingerprint density at radius 1 is 1.17 bits per heavy atom. The zero-order valence-electron chi connectivity index (χ0n) is 17.5. The van der Waals surface area contributed by atoms with Crippen molar-refractivity contribution in [2.24, 2.45) is 17.3 Å². The van der Waals surface area contributed by atoms with Crippen molar-refractivity contribution in [3.63, 3.8) is 0 Å². The first-order valence-corrected chi connectivity index (χ1v) is 11.4. The van der Waals surface area contributed by atoms with E-state index < -0.39 is 6.10 Å². The number of benzene rings is 1. The van der Waals surface area contributed by atoms with Gasteiger partial charge < -0.3 is 14.6 Å². The van der Waals surface area contributed by atoms with Crippen LogP contribution in [0.15, 0.2) is 57.9 Å². The SMILES string of the molecule is CC12CC(O)C3=C(CCC4CCC(O)CC4=C3)C1CC=C2c1ccc2ncoc2c1. The van der Waals surface area contributed by atoms with E-state index in [0.29, 0.717) is 11.8 Å². The third-order valence-corrected chi connectivity index (χ3v) is 8.30. The van der Waals surface area contributed by atoms with Gasteiger partial charge in [0, 0.05) is 5.41 Å². The molecule has 0 aliphatic heterocycles. The number of rotatable bonds is 1. The van der Waals surface area contributed by atoms with Gasteiger partial charge in [0.1, 0.15) is 5.52 Å². The molecule has 1 heterocycles. The summed E-state index contributed by atoms with van der Waals surface area (Å²) in [4.78, 5) is 4.24. The van der Waals surface area contributed by atoms with E-state index in [4.69, 9.17) is 4.42 Å². The Morgan fingerprint density at radius 3 is 2.97 bits per heavy atom. The molecule has 1 fully saturated rings. The van der Waals surface area contributed by atoms with Crippen LogP contribution in [0.25, 0.3) is 16.7 Å². The molecule has 0 amide bonds. The fourth-order valence-electron chi connectivity index (χ4n) is 6.76. The minimum atomic E-state index is -0.443. The lowest BCUT2D eigenvalue weighted by Gasteiger charge is -2.43. The van der Waals surface area contributed by atoms with Crippen LogP contribution in [0.2, 0.25) is 0 Å². The van der Waals surface area contributed by atoms with Crippen LogP contribution in [0.5, 0.6) is 0 Å². The molecule has 6 rings (SSSR count). The van der Waals surface area contributed by atoms with Crippen molar-refractivity contribution >= 4 is 16.7 Å². The standard InChI is InChI=1S/C26H29NO3/c1-26-13-24(29)20-11-17-10-18(28)5-2-15(17)3-6-19(20)22(26)8-7-21(26)16-4-9-23-25(12-16)30-14-27-23/h4,7,9,11-12,14-15,18,22,24,28-29H,2-3,5-6,8,10,13H2,1H3. The number of hydrogen-bond donors (Lipinski definition) is 2. The molecule has 4 heteroatoms. The number of aliphatic hydroxyl groups is 2. The Morgan fingerprint density at radius 2 is 2.07 bits per heavy atom. The van der Waals surface area contributed by atoms with Crippen molar-refractivity contribution in [1.82, 2.24) is 4.98 Å². The van der Waals surface area contributed by atoms with Gasteiger partial charge in [-0.05, 0) is 85.6 Å². The fraction of sp³-hybridized carbons (Fsp3) is 0.500. The van der Waals surface area contributed by atoms with Crippen molar-refractivity contribution in [3.05, 3.63) is 59.0 Å². The highest BCUT2D eigenvalue weighted by atomic mass is 16.3. The number of hydrogen-bond acceptors (Lipinski definition) is 4. The van der Waals surface area contributed by atoms with E-state index in [0.717, 1.165) is 61.6 Å².